The highest BCUT2D eigenvalue weighted by molar-refractivity contribution is 7.90. The highest BCUT2D eigenvalue weighted by Crippen LogP contribution is 2.12. The van der Waals surface area contributed by atoms with Gasteiger partial charge in [0.25, 0.3) is 0 Å². The lowest BCUT2D eigenvalue weighted by Crippen LogP contribution is -2.28. The van der Waals surface area contributed by atoms with Crippen LogP contribution in [0.2, 0.25) is 0 Å². The summed E-state index contributed by atoms with van der Waals surface area (Å²) in [5.74, 6) is 0. The Morgan fingerprint density at radius 1 is 1.40 bits per heavy atom. The Bertz CT molecular complexity index is 429. The van der Waals surface area contributed by atoms with E-state index in [1.807, 2.05) is 0 Å². The first kappa shape index (κ1) is 12.0. The van der Waals surface area contributed by atoms with Crippen molar-refractivity contribution in [3.05, 3.63) is 29.8 Å². The summed E-state index contributed by atoms with van der Waals surface area (Å²) in [6.07, 6.45) is 0. The molecule has 0 amide bonds. The second-order valence-electron chi connectivity index (χ2n) is 3.25. The molecule has 5 nitrogen and oxygen atoms in total. The summed E-state index contributed by atoms with van der Waals surface area (Å²) in [4.78, 5) is 0. The molecule has 0 saturated heterocycles. The van der Waals surface area contributed by atoms with Crippen molar-refractivity contribution in [2.45, 2.75) is 6.61 Å². The molecule has 0 atom stereocenters. The number of aliphatic hydroxyl groups is 1. The van der Waals surface area contributed by atoms with Crippen molar-refractivity contribution in [3.63, 3.8) is 0 Å². The molecule has 0 bridgehead atoms. The van der Waals surface area contributed by atoms with Crippen LogP contribution in [0.1, 0.15) is 5.56 Å². The average Bonchev–Trinajstić information content (AvgIpc) is 2.17. The van der Waals surface area contributed by atoms with Gasteiger partial charge in [-0.3, -0.25) is 4.72 Å². The fourth-order valence-electron chi connectivity index (χ4n) is 0.973. The minimum absolute atomic E-state index is 0.114. The van der Waals surface area contributed by atoms with Crippen LogP contribution in [0.15, 0.2) is 24.3 Å². The zero-order valence-corrected chi connectivity index (χ0v) is 9.45. The highest BCUT2D eigenvalue weighted by Gasteiger charge is 2.12. The van der Waals surface area contributed by atoms with Crippen LogP contribution in [0.5, 0.6) is 0 Å². The van der Waals surface area contributed by atoms with E-state index in [-0.39, 0.29) is 6.61 Å². The van der Waals surface area contributed by atoms with E-state index in [2.05, 4.69) is 4.72 Å². The lowest BCUT2D eigenvalue weighted by Gasteiger charge is -2.13. The predicted octanol–water partition coefficient (Wildman–Crippen LogP) is 0.397. The van der Waals surface area contributed by atoms with Gasteiger partial charge in [0.1, 0.15) is 0 Å². The van der Waals surface area contributed by atoms with Crippen molar-refractivity contribution in [2.24, 2.45) is 0 Å². The third-order valence-corrected chi connectivity index (χ3v) is 3.29. The van der Waals surface area contributed by atoms with Gasteiger partial charge >= 0.3 is 10.2 Å². The van der Waals surface area contributed by atoms with Crippen molar-refractivity contribution in [2.75, 3.05) is 18.8 Å². The van der Waals surface area contributed by atoms with Crippen LogP contribution < -0.4 is 4.72 Å². The molecule has 0 aromatic heterocycles. The number of hydrogen-bond acceptors (Lipinski definition) is 3. The Kier molecular flexibility index (Phi) is 3.67. The summed E-state index contributed by atoms with van der Waals surface area (Å²) < 4.78 is 26.4. The van der Waals surface area contributed by atoms with Gasteiger partial charge in [-0.15, -0.1) is 0 Å². The number of nitrogens with one attached hydrogen (secondary N) is 1. The Morgan fingerprint density at radius 2 is 2.07 bits per heavy atom. The summed E-state index contributed by atoms with van der Waals surface area (Å²) >= 11 is 0. The van der Waals surface area contributed by atoms with E-state index in [1.165, 1.54) is 14.1 Å². The second kappa shape index (κ2) is 4.61. The van der Waals surface area contributed by atoms with E-state index in [9.17, 15) is 8.42 Å². The molecule has 0 aliphatic heterocycles. The second-order valence-corrected chi connectivity index (χ2v) is 5.13. The monoisotopic (exact) mass is 230 g/mol. The molecule has 0 radical (unpaired) electrons. The predicted molar refractivity (Wildman–Crippen MR) is 58.6 cm³/mol. The van der Waals surface area contributed by atoms with Crippen LogP contribution in [0.3, 0.4) is 0 Å². The largest absolute Gasteiger partial charge is 0.392 e. The van der Waals surface area contributed by atoms with Gasteiger partial charge in [-0.1, -0.05) is 12.1 Å². The van der Waals surface area contributed by atoms with Crippen molar-refractivity contribution >= 4 is 15.9 Å². The van der Waals surface area contributed by atoms with E-state index in [0.29, 0.717) is 11.3 Å². The first-order chi connectivity index (χ1) is 6.95. The highest BCUT2D eigenvalue weighted by atomic mass is 32.2. The molecule has 0 spiro atoms. The molecule has 0 unspecified atom stereocenters. The Hall–Kier alpha value is -1.11. The molecule has 2 N–H and O–H groups in total. The van der Waals surface area contributed by atoms with Gasteiger partial charge in [0.2, 0.25) is 0 Å². The standard InChI is InChI=1S/C9H14N2O3S/c1-11(2)15(13,14)10-9-5-3-4-8(6-9)7-12/h3-6,10,12H,7H2,1-2H3. The quantitative estimate of drug-likeness (QED) is 0.786. The van der Waals surface area contributed by atoms with Crippen molar-refractivity contribution in [1.29, 1.82) is 0 Å². The zero-order valence-electron chi connectivity index (χ0n) is 8.64. The summed E-state index contributed by atoms with van der Waals surface area (Å²) in [5.41, 5.74) is 1.10. The summed E-state index contributed by atoms with van der Waals surface area (Å²) in [6, 6.07) is 6.60. The van der Waals surface area contributed by atoms with Crippen molar-refractivity contribution in [3.8, 4) is 0 Å². The van der Waals surface area contributed by atoms with Gasteiger partial charge in [0.15, 0.2) is 0 Å². The Labute approximate surface area is 89.5 Å². The molecular weight excluding hydrogens is 216 g/mol. The van der Waals surface area contributed by atoms with Gasteiger partial charge in [-0.25, -0.2) is 0 Å². The number of anilines is 1. The normalized spacial score (nSPS) is 11.7. The fourth-order valence-corrected chi connectivity index (χ4v) is 1.58. The number of benzene rings is 1. The molecule has 0 heterocycles. The molecule has 1 rings (SSSR count). The fraction of sp³-hybridized carbons (Fsp3) is 0.333. The number of nitrogens with zero attached hydrogens (tertiary/aromatic N) is 1. The van der Waals surface area contributed by atoms with Crippen molar-refractivity contribution < 1.29 is 13.5 Å². The number of hydrogen-bond donors (Lipinski definition) is 2. The smallest absolute Gasteiger partial charge is 0.301 e. The third kappa shape index (κ3) is 3.19. The SMILES string of the molecule is CN(C)S(=O)(=O)Nc1cccc(CO)c1. The molecule has 0 fully saturated rings. The Balaban J connectivity index is 2.90. The third-order valence-electron chi connectivity index (χ3n) is 1.84. The minimum Gasteiger partial charge on any atom is -0.392 e. The topological polar surface area (TPSA) is 69.6 Å². The first-order valence-corrected chi connectivity index (χ1v) is 5.80. The molecule has 6 heteroatoms. The summed E-state index contributed by atoms with van der Waals surface area (Å²) in [7, 11) is -0.589. The maximum atomic E-state index is 11.5. The number of aliphatic hydroxyl groups excluding tert-OH is 1. The minimum atomic E-state index is -3.47. The molecule has 0 aliphatic rings. The van der Waals surface area contributed by atoms with Gasteiger partial charge in [0.05, 0.1) is 12.3 Å². The maximum absolute atomic E-state index is 11.5. The molecule has 0 saturated carbocycles. The molecule has 84 valence electrons. The van der Waals surface area contributed by atoms with Crippen LogP contribution in [0.25, 0.3) is 0 Å². The maximum Gasteiger partial charge on any atom is 0.301 e. The van der Waals surface area contributed by atoms with Crippen LogP contribution in [0, 0.1) is 0 Å². The summed E-state index contributed by atoms with van der Waals surface area (Å²) in [6.45, 7) is -0.114. The van der Waals surface area contributed by atoms with Gasteiger partial charge in [-0.2, -0.15) is 12.7 Å². The molecule has 1 aromatic carbocycles. The van der Waals surface area contributed by atoms with Gasteiger partial charge in [-0.05, 0) is 17.7 Å². The molecule has 0 aliphatic carbocycles. The van der Waals surface area contributed by atoms with E-state index in [4.69, 9.17) is 5.11 Å². The molecule has 1 aromatic rings. The van der Waals surface area contributed by atoms with E-state index in [1.54, 1.807) is 24.3 Å². The summed E-state index contributed by atoms with van der Waals surface area (Å²) in [5, 5.41) is 8.88. The number of rotatable bonds is 4. The molecule has 15 heavy (non-hydrogen) atoms. The van der Waals surface area contributed by atoms with Crippen LogP contribution in [-0.2, 0) is 16.8 Å². The van der Waals surface area contributed by atoms with Crippen LogP contribution >= 0.6 is 0 Å². The van der Waals surface area contributed by atoms with Gasteiger partial charge < -0.3 is 5.11 Å². The molecular formula is C9H14N2O3S. The van der Waals surface area contributed by atoms with Crippen LogP contribution in [-0.4, -0.2) is 31.9 Å². The van der Waals surface area contributed by atoms with E-state index < -0.39 is 10.2 Å². The van der Waals surface area contributed by atoms with E-state index in [0.717, 1.165) is 4.31 Å². The zero-order chi connectivity index (χ0) is 11.5. The van der Waals surface area contributed by atoms with Crippen LogP contribution in [0.4, 0.5) is 5.69 Å². The lowest BCUT2D eigenvalue weighted by atomic mass is 10.2. The van der Waals surface area contributed by atoms with Crippen molar-refractivity contribution in [1.82, 2.24) is 4.31 Å². The van der Waals surface area contributed by atoms with Gasteiger partial charge in [0, 0.05) is 14.1 Å². The Morgan fingerprint density at radius 3 is 2.60 bits per heavy atom. The van der Waals surface area contributed by atoms with E-state index >= 15 is 0 Å². The first-order valence-electron chi connectivity index (χ1n) is 4.36. The average molecular weight is 230 g/mol. The lowest BCUT2D eigenvalue weighted by molar-refractivity contribution is 0.282.